The number of nitrogens with zero attached hydrogens (tertiary/aromatic N) is 3. The predicted octanol–water partition coefficient (Wildman–Crippen LogP) is 1.62. The average molecular weight is 168 g/mol. The Kier molecular flexibility index (Phi) is 1.32. The molecule has 0 aliphatic rings. The van der Waals surface area contributed by atoms with E-state index in [2.05, 4.69) is 10.1 Å². The highest BCUT2D eigenvalue weighted by atomic mass is 35.5. The minimum Gasteiger partial charge on any atom is -0.249 e. The molecule has 2 heterocycles. The fourth-order valence-corrected chi connectivity index (χ4v) is 1.31. The summed E-state index contributed by atoms with van der Waals surface area (Å²) in [6, 6.07) is 3.74. The second kappa shape index (κ2) is 2.20. The molecule has 2 aromatic heterocycles. The van der Waals surface area contributed by atoms with Crippen LogP contribution in [0.5, 0.6) is 0 Å². The molecule has 0 N–H and O–H groups in total. The predicted molar refractivity (Wildman–Crippen MR) is 43.5 cm³/mol. The highest BCUT2D eigenvalue weighted by Crippen LogP contribution is 2.18. The number of fused-ring (bicyclic) bond motifs is 1. The molecule has 56 valence electrons. The maximum absolute atomic E-state index is 5.81. The normalized spacial score (nSPS) is 10.7. The van der Waals surface area contributed by atoms with Crippen LogP contribution < -0.4 is 0 Å². The summed E-state index contributed by atoms with van der Waals surface area (Å²) in [6.07, 6.45) is 1.72. The van der Waals surface area contributed by atoms with Crippen molar-refractivity contribution in [2.24, 2.45) is 7.05 Å². The van der Waals surface area contributed by atoms with Gasteiger partial charge in [-0.3, -0.25) is 0 Å². The van der Waals surface area contributed by atoms with Gasteiger partial charge in [0.15, 0.2) is 10.8 Å². The van der Waals surface area contributed by atoms with Crippen molar-refractivity contribution in [3.05, 3.63) is 23.5 Å². The first kappa shape index (κ1) is 6.61. The Morgan fingerprint density at radius 2 is 2.36 bits per heavy atom. The summed E-state index contributed by atoms with van der Waals surface area (Å²) in [6.45, 7) is 0. The zero-order valence-corrected chi connectivity index (χ0v) is 6.71. The lowest BCUT2D eigenvalue weighted by Crippen LogP contribution is -1.90. The van der Waals surface area contributed by atoms with Crippen LogP contribution >= 0.6 is 11.6 Å². The van der Waals surface area contributed by atoms with Crippen LogP contribution in [0.2, 0.25) is 5.15 Å². The van der Waals surface area contributed by atoms with Crippen molar-refractivity contribution in [2.45, 2.75) is 0 Å². The quantitative estimate of drug-likeness (QED) is 0.597. The van der Waals surface area contributed by atoms with E-state index in [4.69, 9.17) is 11.6 Å². The molecule has 3 nitrogen and oxygen atoms in total. The van der Waals surface area contributed by atoms with Gasteiger partial charge in [-0.25, -0.2) is 9.67 Å². The maximum Gasteiger partial charge on any atom is 0.160 e. The zero-order valence-electron chi connectivity index (χ0n) is 5.95. The fraction of sp³-hybridized carbons (Fsp3) is 0.143. The average Bonchev–Trinajstić information content (AvgIpc) is 2.30. The summed E-state index contributed by atoms with van der Waals surface area (Å²) in [5.41, 5.74) is 0.817. The Bertz CT molecular complexity index is 357. The minimum atomic E-state index is 0.510. The molecule has 0 aromatic carbocycles. The van der Waals surface area contributed by atoms with Gasteiger partial charge in [0.2, 0.25) is 0 Å². The van der Waals surface area contributed by atoms with Crippen molar-refractivity contribution in [3.8, 4) is 0 Å². The Hall–Kier alpha value is -1.09. The smallest absolute Gasteiger partial charge is 0.160 e. The van der Waals surface area contributed by atoms with Crippen LogP contribution in [0.15, 0.2) is 18.3 Å². The molecular formula is C7H6ClN3. The van der Waals surface area contributed by atoms with E-state index in [1.807, 2.05) is 19.2 Å². The second-order valence-corrected chi connectivity index (χ2v) is 2.65. The molecule has 0 fully saturated rings. The topological polar surface area (TPSA) is 30.7 Å². The van der Waals surface area contributed by atoms with Gasteiger partial charge < -0.3 is 0 Å². The molecule has 0 unspecified atom stereocenters. The van der Waals surface area contributed by atoms with Gasteiger partial charge in [0, 0.05) is 13.2 Å². The van der Waals surface area contributed by atoms with E-state index in [-0.39, 0.29) is 0 Å². The van der Waals surface area contributed by atoms with E-state index in [0.29, 0.717) is 5.15 Å². The Labute approximate surface area is 68.6 Å². The minimum absolute atomic E-state index is 0.510. The van der Waals surface area contributed by atoms with Crippen molar-refractivity contribution < 1.29 is 0 Å². The molecule has 0 radical (unpaired) electrons. The molecule has 0 aliphatic carbocycles. The summed E-state index contributed by atoms with van der Waals surface area (Å²) < 4.78 is 1.66. The molecule has 2 aromatic rings. The summed E-state index contributed by atoms with van der Waals surface area (Å²) in [5.74, 6) is 0. The fourth-order valence-electron chi connectivity index (χ4n) is 1.05. The zero-order chi connectivity index (χ0) is 7.84. The lowest BCUT2D eigenvalue weighted by Gasteiger charge is -1.88. The molecule has 0 spiro atoms. The van der Waals surface area contributed by atoms with Crippen LogP contribution in [0.25, 0.3) is 11.0 Å². The van der Waals surface area contributed by atoms with E-state index in [0.717, 1.165) is 11.0 Å². The van der Waals surface area contributed by atoms with Gasteiger partial charge in [-0.05, 0) is 12.1 Å². The molecule has 0 bridgehead atoms. The van der Waals surface area contributed by atoms with Gasteiger partial charge in [0.05, 0.1) is 5.39 Å². The second-order valence-electron chi connectivity index (χ2n) is 2.29. The van der Waals surface area contributed by atoms with Crippen LogP contribution in [-0.2, 0) is 7.05 Å². The van der Waals surface area contributed by atoms with Crippen molar-refractivity contribution in [2.75, 3.05) is 0 Å². The number of halogens is 1. The van der Waals surface area contributed by atoms with Gasteiger partial charge >= 0.3 is 0 Å². The third kappa shape index (κ3) is 0.886. The highest BCUT2D eigenvalue weighted by molar-refractivity contribution is 6.34. The number of rotatable bonds is 0. The first-order chi connectivity index (χ1) is 5.29. The van der Waals surface area contributed by atoms with E-state index < -0.39 is 0 Å². The molecule has 0 aliphatic heterocycles. The number of aryl methyl sites for hydroxylation is 1. The Morgan fingerprint density at radius 3 is 3.09 bits per heavy atom. The van der Waals surface area contributed by atoms with Crippen LogP contribution in [0, 0.1) is 0 Å². The number of hydrogen-bond acceptors (Lipinski definition) is 2. The van der Waals surface area contributed by atoms with E-state index in [1.165, 1.54) is 0 Å². The van der Waals surface area contributed by atoms with E-state index >= 15 is 0 Å². The molecule has 11 heavy (non-hydrogen) atoms. The summed E-state index contributed by atoms with van der Waals surface area (Å²) in [7, 11) is 1.82. The first-order valence-corrected chi connectivity index (χ1v) is 3.60. The monoisotopic (exact) mass is 167 g/mol. The van der Waals surface area contributed by atoms with Gasteiger partial charge in [-0.2, -0.15) is 5.10 Å². The Balaban J connectivity index is 2.95. The van der Waals surface area contributed by atoms with E-state index in [9.17, 15) is 0 Å². The van der Waals surface area contributed by atoms with Gasteiger partial charge in [-0.15, -0.1) is 0 Å². The van der Waals surface area contributed by atoms with Crippen LogP contribution in [0.3, 0.4) is 0 Å². The standard InChI is InChI=1S/C7H6ClN3/c1-11-7-5(6(8)10-11)3-2-4-9-7/h2-4H,1H3. The number of aromatic nitrogens is 3. The van der Waals surface area contributed by atoms with E-state index in [1.54, 1.807) is 10.9 Å². The summed E-state index contributed by atoms with van der Waals surface area (Å²) >= 11 is 5.81. The lowest BCUT2D eigenvalue weighted by atomic mass is 10.4. The molecule has 2 rings (SSSR count). The largest absolute Gasteiger partial charge is 0.249 e. The van der Waals surface area contributed by atoms with Crippen LogP contribution in [-0.4, -0.2) is 14.8 Å². The number of pyridine rings is 1. The molecular weight excluding hydrogens is 162 g/mol. The molecule has 0 amide bonds. The SMILES string of the molecule is Cn1nc(Cl)c2cccnc21. The van der Waals surface area contributed by atoms with Gasteiger partial charge in [0.1, 0.15) is 0 Å². The highest BCUT2D eigenvalue weighted by Gasteiger charge is 2.04. The molecule has 0 atom stereocenters. The lowest BCUT2D eigenvalue weighted by molar-refractivity contribution is 0.787. The third-order valence-electron chi connectivity index (χ3n) is 1.55. The summed E-state index contributed by atoms with van der Waals surface area (Å²) in [4.78, 5) is 4.12. The number of hydrogen-bond donors (Lipinski definition) is 0. The van der Waals surface area contributed by atoms with Gasteiger partial charge in [0.25, 0.3) is 0 Å². The van der Waals surface area contributed by atoms with Crippen molar-refractivity contribution >= 4 is 22.6 Å². The van der Waals surface area contributed by atoms with Crippen molar-refractivity contribution in [1.29, 1.82) is 0 Å². The van der Waals surface area contributed by atoms with Crippen LogP contribution in [0.1, 0.15) is 0 Å². The summed E-state index contributed by atoms with van der Waals surface area (Å²) in [5, 5.41) is 5.42. The third-order valence-corrected chi connectivity index (χ3v) is 1.83. The molecule has 4 heteroatoms. The molecule has 0 saturated carbocycles. The van der Waals surface area contributed by atoms with Crippen LogP contribution in [0.4, 0.5) is 0 Å². The van der Waals surface area contributed by atoms with Crippen molar-refractivity contribution in [3.63, 3.8) is 0 Å². The first-order valence-electron chi connectivity index (χ1n) is 3.22. The van der Waals surface area contributed by atoms with Crippen molar-refractivity contribution in [1.82, 2.24) is 14.8 Å². The van der Waals surface area contributed by atoms with Gasteiger partial charge in [-0.1, -0.05) is 11.6 Å². The Morgan fingerprint density at radius 1 is 1.55 bits per heavy atom. The molecule has 0 saturated heterocycles. The maximum atomic E-state index is 5.81.